The Morgan fingerprint density at radius 1 is 1.11 bits per heavy atom. The molecule has 2 aliphatic rings. The SMILES string of the molecule is Cl.Cn1ccc(S(=O)(=O)NCCOc2ccc3c(c2)C(Cc2cccc(F)c2)C(N2CCCC2)CC3)c1. The van der Waals surface area contributed by atoms with E-state index in [2.05, 4.69) is 21.8 Å². The summed E-state index contributed by atoms with van der Waals surface area (Å²) in [7, 11) is -1.77. The lowest BCUT2D eigenvalue weighted by atomic mass is 9.75. The van der Waals surface area contributed by atoms with Crippen LogP contribution in [0.4, 0.5) is 4.39 Å². The minimum atomic E-state index is -3.56. The molecule has 2 atom stereocenters. The van der Waals surface area contributed by atoms with Gasteiger partial charge in [0.15, 0.2) is 0 Å². The Labute approximate surface area is 225 Å². The van der Waals surface area contributed by atoms with Gasteiger partial charge in [-0.1, -0.05) is 18.2 Å². The molecule has 9 heteroatoms. The van der Waals surface area contributed by atoms with Gasteiger partial charge in [-0.2, -0.15) is 0 Å². The Balaban J connectivity index is 0.00000320. The molecule has 1 saturated heterocycles. The van der Waals surface area contributed by atoms with Crippen molar-refractivity contribution in [2.75, 3.05) is 26.2 Å². The lowest BCUT2D eigenvalue weighted by Gasteiger charge is -2.39. The number of aromatic nitrogens is 1. The van der Waals surface area contributed by atoms with Gasteiger partial charge in [-0.05, 0) is 92.2 Å². The molecule has 0 saturated carbocycles. The maximum atomic E-state index is 14.0. The number of benzene rings is 2. The van der Waals surface area contributed by atoms with Crippen molar-refractivity contribution in [1.29, 1.82) is 0 Å². The molecule has 2 unspecified atom stereocenters. The highest BCUT2D eigenvalue weighted by molar-refractivity contribution is 7.89. The predicted octanol–water partition coefficient (Wildman–Crippen LogP) is 4.68. The van der Waals surface area contributed by atoms with Crippen LogP contribution in [0.1, 0.15) is 41.9 Å². The normalized spacial score (nSPS) is 19.8. The van der Waals surface area contributed by atoms with Crippen LogP contribution in [0, 0.1) is 5.82 Å². The maximum Gasteiger partial charge on any atom is 0.242 e. The molecule has 0 spiro atoms. The van der Waals surface area contributed by atoms with E-state index in [0.29, 0.717) is 6.04 Å². The average molecular weight is 548 g/mol. The quantitative estimate of drug-likeness (QED) is 0.395. The highest BCUT2D eigenvalue weighted by Crippen LogP contribution is 2.40. The maximum absolute atomic E-state index is 14.0. The molecule has 1 aromatic heterocycles. The van der Waals surface area contributed by atoms with Crippen LogP contribution in [0.5, 0.6) is 5.75 Å². The van der Waals surface area contributed by atoms with Crippen LogP contribution in [0.15, 0.2) is 65.8 Å². The van der Waals surface area contributed by atoms with E-state index in [-0.39, 0.29) is 42.2 Å². The molecule has 6 nitrogen and oxygen atoms in total. The molecule has 3 aromatic rings. The van der Waals surface area contributed by atoms with Crippen LogP contribution in [-0.2, 0) is 29.9 Å². The molecule has 200 valence electrons. The highest BCUT2D eigenvalue weighted by Gasteiger charge is 2.35. The van der Waals surface area contributed by atoms with E-state index in [1.807, 2.05) is 12.1 Å². The second kappa shape index (κ2) is 12.0. The number of fused-ring (bicyclic) bond motifs is 1. The van der Waals surface area contributed by atoms with E-state index < -0.39 is 10.0 Å². The molecule has 0 bridgehead atoms. The number of ether oxygens (including phenoxy) is 1. The molecular formula is C28H35ClFN3O3S. The first-order valence-electron chi connectivity index (χ1n) is 12.7. The lowest BCUT2D eigenvalue weighted by molar-refractivity contribution is 0.188. The fourth-order valence-corrected chi connectivity index (χ4v) is 6.75. The van der Waals surface area contributed by atoms with Gasteiger partial charge in [-0.3, -0.25) is 4.90 Å². The van der Waals surface area contributed by atoms with Crippen LogP contribution in [-0.4, -0.2) is 50.2 Å². The smallest absolute Gasteiger partial charge is 0.242 e. The Morgan fingerprint density at radius 3 is 2.65 bits per heavy atom. The monoisotopic (exact) mass is 547 g/mol. The number of sulfonamides is 1. The third kappa shape index (κ3) is 6.55. The van der Waals surface area contributed by atoms with E-state index >= 15 is 0 Å². The Morgan fingerprint density at radius 2 is 1.92 bits per heavy atom. The van der Waals surface area contributed by atoms with Crippen molar-refractivity contribution in [3.8, 4) is 5.75 Å². The predicted molar refractivity (Wildman–Crippen MR) is 146 cm³/mol. The van der Waals surface area contributed by atoms with Crippen molar-refractivity contribution in [1.82, 2.24) is 14.2 Å². The molecule has 0 radical (unpaired) electrons. The van der Waals surface area contributed by atoms with Crippen molar-refractivity contribution < 1.29 is 17.5 Å². The molecular weight excluding hydrogens is 513 g/mol. The van der Waals surface area contributed by atoms with Crippen molar-refractivity contribution in [3.63, 3.8) is 0 Å². The zero-order valence-electron chi connectivity index (χ0n) is 21.1. The minimum Gasteiger partial charge on any atom is -0.492 e. The van der Waals surface area contributed by atoms with E-state index in [0.717, 1.165) is 43.7 Å². The molecule has 0 amide bonds. The van der Waals surface area contributed by atoms with Crippen LogP contribution >= 0.6 is 12.4 Å². The summed E-state index contributed by atoms with van der Waals surface area (Å²) in [5.74, 6) is 0.795. The van der Waals surface area contributed by atoms with Crippen LogP contribution < -0.4 is 9.46 Å². The number of likely N-dealkylation sites (tertiary alicyclic amines) is 1. The summed E-state index contributed by atoms with van der Waals surface area (Å²) in [6, 6.07) is 15.2. The van der Waals surface area contributed by atoms with Crippen LogP contribution in [0.25, 0.3) is 0 Å². The van der Waals surface area contributed by atoms with E-state index in [1.54, 1.807) is 42.2 Å². The number of halogens is 2. The fraction of sp³-hybridized carbons (Fsp3) is 0.429. The number of hydrogen-bond acceptors (Lipinski definition) is 4. The number of hydrogen-bond donors (Lipinski definition) is 1. The molecule has 1 fully saturated rings. The third-order valence-corrected chi connectivity index (χ3v) is 8.87. The number of aryl methyl sites for hydroxylation is 2. The molecule has 2 heterocycles. The van der Waals surface area contributed by atoms with Gasteiger partial charge in [0, 0.05) is 37.9 Å². The first-order valence-corrected chi connectivity index (χ1v) is 14.2. The van der Waals surface area contributed by atoms with Gasteiger partial charge in [0.25, 0.3) is 0 Å². The standard InChI is InChI=1S/C28H34FN3O3S.ClH/c1-31-15-11-25(20-31)36(33,34)30-12-16-35-24-9-7-22-8-10-28(32-13-2-3-14-32)27(26(22)19-24)18-21-5-4-6-23(29)17-21;/h4-7,9,11,15,17,19-20,27-28,30H,2-3,8,10,12-14,16,18H2,1H3;1H. The van der Waals surface area contributed by atoms with Gasteiger partial charge in [-0.15, -0.1) is 12.4 Å². The number of rotatable bonds is 9. The summed E-state index contributed by atoms with van der Waals surface area (Å²) >= 11 is 0. The Bertz CT molecular complexity index is 1310. The van der Waals surface area contributed by atoms with Gasteiger partial charge in [0.1, 0.15) is 18.2 Å². The zero-order chi connectivity index (χ0) is 25.1. The molecule has 1 N–H and O–H groups in total. The average Bonchev–Trinajstić information content (AvgIpc) is 3.55. The second-order valence-electron chi connectivity index (χ2n) is 9.91. The lowest BCUT2D eigenvalue weighted by Crippen LogP contribution is -2.41. The largest absolute Gasteiger partial charge is 0.492 e. The third-order valence-electron chi connectivity index (χ3n) is 7.42. The van der Waals surface area contributed by atoms with E-state index in [4.69, 9.17) is 4.74 Å². The summed E-state index contributed by atoms with van der Waals surface area (Å²) in [5, 5.41) is 0. The summed E-state index contributed by atoms with van der Waals surface area (Å²) in [6.45, 7) is 2.65. The van der Waals surface area contributed by atoms with Crippen LogP contribution in [0.3, 0.4) is 0 Å². The topological polar surface area (TPSA) is 63.6 Å². The molecule has 1 aliphatic heterocycles. The zero-order valence-corrected chi connectivity index (χ0v) is 22.7. The van der Waals surface area contributed by atoms with Gasteiger partial charge < -0.3 is 9.30 Å². The van der Waals surface area contributed by atoms with Crippen molar-refractivity contribution in [2.45, 2.75) is 49.0 Å². The second-order valence-corrected chi connectivity index (χ2v) is 11.7. The van der Waals surface area contributed by atoms with E-state index in [9.17, 15) is 12.8 Å². The number of nitrogens with one attached hydrogen (secondary N) is 1. The minimum absolute atomic E-state index is 0. The molecule has 37 heavy (non-hydrogen) atoms. The Hall–Kier alpha value is -2.39. The van der Waals surface area contributed by atoms with Crippen molar-refractivity contribution in [3.05, 3.63) is 83.4 Å². The fourth-order valence-electron chi connectivity index (χ4n) is 5.69. The summed E-state index contributed by atoms with van der Waals surface area (Å²) in [5.41, 5.74) is 3.60. The van der Waals surface area contributed by atoms with Crippen molar-refractivity contribution in [2.24, 2.45) is 7.05 Å². The van der Waals surface area contributed by atoms with E-state index in [1.165, 1.54) is 30.0 Å². The molecule has 5 rings (SSSR count). The van der Waals surface area contributed by atoms with Gasteiger partial charge in [-0.25, -0.2) is 17.5 Å². The van der Waals surface area contributed by atoms with Crippen molar-refractivity contribution >= 4 is 22.4 Å². The Kier molecular flexibility index (Phi) is 8.95. The summed E-state index contributed by atoms with van der Waals surface area (Å²) in [4.78, 5) is 2.85. The first kappa shape index (κ1) is 27.6. The first-order chi connectivity index (χ1) is 17.4. The summed E-state index contributed by atoms with van der Waals surface area (Å²) in [6.07, 6.45) is 8.65. The number of nitrogens with zero attached hydrogens (tertiary/aromatic N) is 2. The summed E-state index contributed by atoms with van der Waals surface area (Å²) < 4.78 is 49.1. The van der Waals surface area contributed by atoms with Gasteiger partial charge >= 0.3 is 0 Å². The van der Waals surface area contributed by atoms with Gasteiger partial charge in [0.05, 0.1) is 4.90 Å². The molecule has 2 aromatic carbocycles. The highest BCUT2D eigenvalue weighted by atomic mass is 35.5. The van der Waals surface area contributed by atoms with Crippen LogP contribution in [0.2, 0.25) is 0 Å². The van der Waals surface area contributed by atoms with Gasteiger partial charge in [0.2, 0.25) is 10.0 Å². The molecule has 1 aliphatic carbocycles.